The highest BCUT2D eigenvalue weighted by atomic mass is 35.5. The minimum atomic E-state index is -1.58. The molecule has 4 nitrogen and oxygen atoms in total. The van der Waals surface area contributed by atoms with Gasteiger partial charge in [-0.2, -0.15) is 0 Å². The molecule has 0 atom stereocenters. The van der Waals surface area contributed by atoms with E-state index in [9.17, 15) is 18.0 Å². The molecule has 2 N–H and O–H groups in total. The van der Waals surface area contributed by atoms with E-state index in [1.807, 2.05) is 0 Å². The number of amides is 1. The number of carbonyl (C=O) groups excluding carboxylic acids is 1. The van der Waals surface area contributed by atoms with E-state index in [-0.39, 0.29) is 16.9 Å². The molecule has 1 aromatic heterocycles. The molecule has 2 aromatic carbocycles. The monoisotopic (exact) mass is 391 g/mol. The summed E-state index contributed by atoms with van der Waals surface area (Å²) < 4.78 is 40.1. The van der Waals surface area contributed by atoms with Crippen LogP contribution in [0.25, 0.3) is 0 Å². The minimum Gasteiger partial charge on any atom is -0.352 e. The van der Waals surface area contributed by atoms with Gasteiger partial charge in [-0.1, -0.05) is 17.7 Å². The number of nitrogens with zero attached hydrogens (tertiary/aromatic N) is 1. The number of hydrogen-bond donors (Lipinski definition) is 2. The second kappa shape index (κ2) is 7.67. The number of nitrogens with one attached hydrogen (secondary N) is 2. The van der Waals surface area contributed by atoms with Gasteiger partial charge in [0.1, 0.15) is 0 Å². The third-order valence-corrected chi connectivity index (χ3v) is 4.24. The molecule has 138 valence electrons. The molecule has 0 aliphatic carbocycles. The molecule has 0 saturated carbocycles. The van der Waals surface area contributed by atoms with Crippen LogP contribution in [0.4, 0.5) is 30.2 Å². The molecule has 0 bridgehead atoms. The molecule has 8 heteroatoms. The number of rotatable bonds is 4. The summed E-state index contributed by atoms with van der Waals surface area (Å²) in [6, 6.07) is 8.36. The molecule has 0 saturated heterocycles. The first-order valence-electron chi connectivity index (χ1n) is 7.79. The van der Waals surface area contributed by atoms with Crippen LogP contribution in [-0.2, 0) is 0 Å². The SMILES string of the molecule is Cc1c(Cl)cccc1NC(=O)c1cncc(Nc2ccc(F)c(F)c2F)c1. The Balaban J connectivity index is 1.82. The fourth-order valence-corrected chi connectivity index (χ4v) is 2.52. The second-order valence-corrected chi connectivity index (χ2v) is 6.08. The summed E-state index contributed by atoms with van der Waals surface area (Å²) in [6.07, 6.45) is 2.64. The lowest BCUT2D eigenvalue weighted by Gasteiger charge is -2.11. The minimum absolute atomic E-state index is 0.183. The number of benzene rings is 2. The summed E-state index contributed by atoms with van der Waals surface area (Å²) in [7, 11) is 0. The summed E-state index contributed by atoms with van der Waals surface area (Å²) in [4.78, 5) is 16.4. The van der Waals surface area contributed by atoms with Crippen molar-refractivity contribution in [2.45, 2.75) is 6.92 Å². The molecular formula is C19H13ClF3N3O. The third-order valence-electron chi connectivity index (χ3n) is 3.83. The van der Waals surface area contributed by atoms with Gasteiger partial charge in [-0.15, -0.1) is 0 Å². The van der Waals surface area contributed by atoms with E-state index in [0.29, 0.717) is 16.3 Å². The van der Waals surface area contributed by atoms with E-state index < -0.39 is 23.4 Å². The summed E-state index contributed by atoms with van der Waals surface area (Å²) in [5.74, 6) is -4.69. The van der Waals surface area contributed by atoms with E-state index >= 15 is 0 Å². The van der Waals surface area contributed by atoms with Crippen LogP contribution in [0, 0.1) is 24.4 Å². The molecule has 1 heterocycles. The summed E-state index contributed by atoms with van der Waals surface area (Å²) in [6.45, 7) is 1.76. The maximum Gasteiger partial charge on any atom is 0.257 e. The van der Waals surface area contributed by atoms with Gasteiger partial charge >= 0.3 is 0 Å². The van der Waals surface area contributed by atoms with Crippen LogP contribution in [0.15, 0.2) is 48.8 Å². The fourth-order valence-electron chi connectivity index (χ4n) is 2.35. The Kier molecular flexibility index (Phi) is 5.32. The Morgan fingerprint density at radius 2 is 1.81 bits per heavy atom. The fraction of sp³-hybridized carbons (Fsp3) is 0.0526. The lowest BCUT2D eigenvalue weighted by molar-refractivity contribution is 0.102. The van der Waals surface area contributed by atoms with Crippen molar-refractivity contribution in [2.24, 2.45) is 0 Å². The van der Waals surface area contributed by atoms with Crippen LogP contribution in [0.2, 0.25) is 5.02 Å². The smallest absolute Gasteiger partial charge is 0.257 e. The number of carbonyl (C=O) groups is 1. The third kappa shape index (κ3) is 4.03. The first-order chi connectivity index (χ1) is 12.9. The van der Waals surface area contributed by atoms with Crippen molar-refractivity contribution in [1.82, 2.24) is 4.98 Å². The number of hydrogen-bond acceptors (Lipinski definition) is 3. The largest absolute Gasteiger partial charge is 0.352 e. The molecule has 3 aromatic rings. The van der Waals surface area contributed by atoms with Crippen molar-refractivity contribution in [3.05, 3.63) is 82.4 Å². The quantitative estimate of drug-likeness (QED) is 0.581. The zero-order chi connectivity index (χ0) is 19.6. The Morgan fingerprint density at radius 3 is 2.59 bits per heavy atom. The van der Waals surface area contributed by atoms with Gasteiger partial charge in [-0.3, -0.25) is 9.78 Å². The molecule has 27 heavy (non-hydrogen) atoms. The molecule has 0 aliphatic heterocycles. The van der Waals surface area contributed by atoms with Crippen molar-refractivity contribution >= 4 is 34.6 Å². The van der Waals surface area contributed by atoms with Gasteiger partial charge in [0, 0.05) is 16.9 Å². The van der Waals surface area contributed by atoms with E-state index in [1.165, 1.54) is 18.5 Å². The van der Waals surface area contributed by atoms with Crippen LogP contribution in [-0.4, -0.2) is 10.9 Å². The summed E-state index contributed by atoms with van der Waals surface area (Å²) in [5.41, 5.74) is 1.38. The van der Waals surface area contributed by atoms with Crippen LogP contribution >= 0.6 is 11.6 Å². The highest BCUT2D eigenvalue weighted by molar-refractivity contribution is 6.31. The number of pyridine rings is 1. The number of aromatic nitrogens is 1. The first kappa shape index (κ1) is 18.7. The number of anilines is 3. The Bertz CT molecular complexity index is 1030. The highest BCUT2D eigenvalue weighted by Crippen LogP contribution is 2.25. The number of halogens is 4. The normalized spacial score (nSPS) is 10.6. The van der Waals surface area contributed by atoms with Crippen LogP contribution in [0.3, 0.4) is 0 Å². The van der Waals surface area contributed by atoms with Crippen molar-refractivity contribution in [1.29, 1.82) is 0 Å². The molecule has 0 spiro atoms. The maximum absolute atomic E-state index is 13.8. The average Bonchev–Trinajstić information content (AvgIpc) is 2.66. The van der Waals surface area contributed by atoms with Crippen molar-refractivity contribution in [2.75, 3.05) is 10.6 Å². The zero-order valence-corrected chi connectivity index (χ0v) is 14.7. The van der Waals surface area contributed by atoms with Gasteiger partial charge in [-0.05, 0) is 42.8 Å². The van der Waals surface area contributed by atoms with Crippen LogP contribution in [0.1, 0.15) is 15.9 Å². The molecular weight excluding hydrogens is 379 g/mol. The molecule has 0 fully saturated rings. The van der Waals surface area contributed by atoms with E-state index in [2.05, 4.69) is 15.6 Å². The lowest BCUT2D eigenvalue weighted by atomic mass is 10.2. The predicted molar refractivity (Wildman–Crippen MR) is 98.0 cm³/mol. The van der Waals surface area contributed by atoms with E-state index in [0.717, 1.165) is 12.1 Å². The lowest BCUT2D eigenvalue weighted by Crippen LogP contribution is -2.13. The zero-order valence-electron chi connectivity index (χ0n) is 14.0. The maximum atomic E-state index is 13.8. The molecule has 0 radical (unpaired) electrons. The van der Waals surface area contributed by atoms with Crippen molar-refractivity contribution < 1.29 is 18.0 Å². The van der Waals surface area contributed by atoms with Gasteiger partial charge < -0.3 is 10.6 Å². The Hall–Kier alpha value is -3.06. The van der Waals surface area contributed by atoms with Gasteiger partial charge in [0.05, 0.1) is 23.1 Å². The van der Waals surface area contributed by atoms with Crippen LogP contribution in [0.5, 0.6) is 0 Å². The Morgan fingerprint density at radius 1 is 1.04 bits per heavy atom. The summed E-state index contributed by atoms with van der Waals surface area (Å²) in [5, 5.41) is 5.80. The molecule has 0 unspecified atom stereocenters. The molecule has 3 rings (SSSR count). The standard InChI is InChI=1S/C19H13ClF3N3O/c1-10-13(20)3-2-4-15(10)26-19(27)11-7-12(9-24-8-11)25-16-6-5-14(21)17(22)18(16)23/h2-9,25H,1H3,(H,26,27). The van der Waals surface area contributed by atoms with Crippen LogP contribution < -0.4 is 10.6 Å². The Labute approximate surface area is 158 Å². The first-order valence-corrected chi connectivity index (χ1v) is 8.16. The highest BCUT2D eigenvalue weighted by Gasteiger charge is 2.15. The van der Waals surface area contributed by atoms with E-state index in [4.69, 9.17) is 11.6 Å². The second-order valence-electron chi connectivity index (χ2n) is 5.68. The van der Waals surface area contributed by atoms with Crippen molar-refractivity contribution in [3.8, 4) is 0 Å². The average molecular weight is 392 g/mol. The predicted octanol–water partition coefficient (Wildman–Crippen LogP) is 5.46. The molecule has 1 amide bonds. The van der Waals surface area contributed by atoms with Gasteiger partial charge in [-0.25, -0.2) is 13.2 Å². The van der Waals surface area contributed by atoms with Gasteiger partial charge in [0.25, 0.3) is 5.91 Å². The van der Waals surface area contributed by atoms with Crippen molar-refractivity contribution in [3.63, 3.8) is 0 Å². The topological polar surface area (TPSA) is 54.0 Å². The molecule has 0 aliphatic rings. The van der Waals surface area contributed by atoms with E-state index in [1.54, 1.807) is 25.1 Å². The van der Waals surface area contributed by atoms with Gasteiger partial charge in [0.2, 0.25) is 0 Å². The van der Waals surface area contributed by atoms with Gasteiger partial charge in [0.15, 0.2) is 17.5 Å². The summed E-state index contributed by atoms with van der Waals surface area (Å²) >= 11 is 6.03.